The van der Waals surface area contributed by atoms with Crippen LogP contribution in [0.4, 0.5) is 13.2 Å². The Hall–Kier alpha value is -3.65. The Morgan fingerprint density at radius 3 is 2.56 bits per heavy atom. The highest BCUT2D eigenvalue weighted by molar-refractivity contribution is 6.33. The van der Waals surface area contributed by atoms with Gasteiger partial charge in [0.25, 0.3) is 0 Å². The summed E-state index contributed by atoms with van der Waals surface area (Å²) in [6.07, 6.45) is 7.31. The lowest BCUT2D eigenvalue weighted by Gasteiger charge is -2.32. The monoisotopic (exact) mass is 610 g/mol. The highest BCUT2D eigenvalue weighted by Gasteiger charge is 2.43. The molecule has 0 N–H and O–H groups in total. The fourth-order valence-electron chi connectivity index (χ4n) is 5.92. The van der Waals surface area contributed by atoms with E-state index in [-0.39, 0.29) is 47.0 Å². The van der Waals surface area contributed by atoms with Crippen LogP contribution in [-0.4, -0.2) is 35.0 Å². The Bertz CT molecular complexity index is 1540. The van der Waals surface area contributed by atoms with Gasteiger partial charge in [-0.2, -0.15) is 13.2 Å². The number of halogens is 4. The summed E-state index contributed by atoms with van der Waals surface area (Å²) in [4.78, 5) is 32.0. The van der Waals surface area contributed by atoms with Crippen molar-refractivity contribution in [2.24, 2.45) is 16.8 Å². The summed E-state index contributed by atoms with van der Waals surface area (Å²) in [6, 6.07) is 9.26. The number of rotatable bonds is 10. The molecule has 1 aliphatic carbocycles. The van der Waals surface area contributed by atoms with Crippen LogP contribution in [0.25, 0.3) is 11.1 Å². The Balaban J connectivity index is 1.30. The predicted octanol–water partition coefficient (Wildman–Crippen LogP) is 9.14. The second kappa shape index (κ2) is 12.9. The van der Waals surface area contributed by atoms with E-state index >= 15 is 0 Å². The third-order valence-electron chi connectivity index (χ3n) is 8.51. The lowest BCUT2D eigenvalue weighted by atomic mass is 9.81. The second-order valence-electron chi connectivity index (χ2n) is 11.3. The summed E-state index contributed by atoms with van der Waals surface area (Å²) in [5, 5.41) is 0.108. The van der Waals surface area contributed by atoms with Crippen LogP contribution >= 0.6 is 11.6 Å². The lowest BCUT2D eigenvalue weighted by molar-refractivity contribution is -0.116. The molecule has 226 valence electrons. The molecule has 1 unspecified atom stereocenters. The zero-order valence-electron chi connectivity index (χ0n) is 24.2. The third kappa shape index (κ3) is 6.80. The second-order valence-corrected chi connectivity index (χ2v) is 11.8. The van der Waals surface area contributed by atoms with Crippen molar-refractivity contribution in [3.63, 3.8) is 0 Å². The fraction of sp³-hybridized carbons (Fsp3) is 0.382. The number of carbonyl (C=O) groups excluding carboxylic acids is 2. The molecule has 2 aliphatic heterocycles. The zero-order valence-corrected chi connectivity index (χ0v) is 25.0. The first-order valence-electron chi connectivity index (χ1n) is 14.7. The van der Waals surface area contributed by atoms with Crippen molar-refractivity contribution in [2.75, 3.05) is 6.54 Å². The molecule has 3 heterocycles. The Morgan fingerprint density at radius 2 is 1.91 bits per heavy atom. The van der Waals surface area contributed by atoms with Crippen molar-refractivity contribution in [1.82, 2.24) is 4.90 Å². The third-order valence-corrected chi connectivity index (χ3v) is 8.81. The molecule has 3 aliphatic rings. The number of Topliss-reactive ketones (excluding diaryl/α,β-unsaturated/α-hetero) is 2. The van der Waals surface area contributed by atoms with Gasteiger partial charge in [-0.25, -0.2) is 4.99 Å². The van der Waals surface area contributed by atoms with E-state index in [4.69, 9.17) is 16.0 Å². The van der Waals surface area contributed by atoms with Crippen LogP contribution in [0.15, 0.2) is 86.9 Å². The van der Waals surface area contributed by atoms with Gasteiger partial charge in [-0.1, -0.05) is 68.6 Å². The molecule has 0 saturated heterocycles. The van der Waals surface area contributed by atoms with E-state index in [0.29, 0.717) is 42.7 Å². The Morgan fingerprint density at radius 1 is 1.14 bits per heavy atom. The van der Waals surface area contributed by atoms with Crippen LogP contribution in [0.1, 0.15) is 80.3 Å². The minimum Gasteiger partial charge on any atom is -0.472 e. The smallest absolute Gasteiger partial charge is 0.419 e. The lowest BCUT2D eigenvalue weighted by Crippen LogP contribution is -2.39. The molecule has 0 bridgehead atoms. The van der Waals surface area contributed by atoms with E-state index in [1.165, 1.54) is 23.6 Å². The number of allylic oxidation sites excluding steroid dienone is 5. The van der Waals surface area contributed by atoms with Crippen LogP contribution < -0.4 is 0 Å². The van der Waals surface area contributed by atoms with Crippen molar-refractivity contribution in [1.29, 1.82) is 0 Å². The average Bonchev–Trinajstić information content (AvgIpc) is 3.54. The molecule has 0 saturated carbocycles. The van der Waals surface area contributed by atoms with Crippen molar-refractivity contribution < 1.29 is 27.2 Å². The number of amidine groups is 1. The van der Waals surface area contributed by atoms with Gasteiger partial charge < -0.3 is 9.32 Å². The number of ketones is 2. The number of hydrogen-bond donors (Lipinski definition) is 0. The molecule has 43 heavy (non-hydrogen) atoms. The quantitative estimate of drug-likeness (QED) is 0.252. The molecule has 0 radical (unpaired) electrons. The van der Waals surface area contributed by atoms with Gasteiger partial charge in [-0.05, 0) is 54.4 Å². The van der Waals surface area contributed by atoms with E-state index in [1.807, 2.05) is 24.3 Å². The maximum atomic E-state index is 14.1. The minimum absolute atomic E-state index is 0.00422. The molecule has 1 aromatic heterocycles. The molecule has 1 aromatic carbocycles. The molecule has 2 aromatic rings. The van der Waals surface area contributed by atoms with Gasteiger partial charge in [0.05, 0.1) is 29.7 Å². The first-order valence-corrected chi connectivity index (χ1v) is 15.1. The summed E-state index contributed by atoms with van der Waals surface area (Å²) in [5.74, 6) is -0.204. The first-order chi connectivity index (χ1) is 20.6. The maximum absolute atomic E-state index is 14.1. The van der Waals surface area contributed by atoms with E-state index in [1.54, 1.807) is 6.07 Å². The molecule has 0 fully saturated rings. The van der Waals surface area contributed by atoms with Gasteiger partial charge in [0.2, 0.25) is 0 Å². The number of nitrogens with zero attached hydrogens (tertiary/aromatic N) is 2. The molecular formula is C34H34ClF3N2O3. The molecule has 5 rings (SSSR count). The Labute approximate surface area is 254 Å². The molecule has 0 amide bonds. The van der Waals surface area contributed by atoms with Gasteiger partial charge in [0.1, 0.15) is 11.5 Å². The van der Waals surface area contributed by atoms with Crippen molar-refractivity contribution >= 4 is 40.1 Å². The van der Waals surface area contributed by atoms with Gasteiger partial charge in [-0.15, -0.1) is 0 Å². The number of carbonyl (C=O) groups is 2. The van der Waals surface area contributed by atoms with E-state index in [9.17, 15) is 22.8 Å². The summed E-state index contributed by atoms with van der Waals surface area (Å²) in [5.41, 5.74) is 2.51. The largest absolute Gasteiger partial charge is 0.472 e. The summed E-state index contributed by atoms with van der Waals surface area (Å²) < 4.78 is 47.3. The molecule has 1 atom stereocenters. The number of aliphatic imine (C=N–C) groups is 1. The van der Waals surface area contributed by atoms with E-state index in [2.05, 4.69) is 24.9 Å². The number of furan rings is 1. The molecule has 0 spiro atoms. The zero-order chi connectivity index (χ0) is 30.7. The highest BCUT2D eigenvalue weighted by atomic mass is 35.5. The number of benzene rings is 1. The summed E-state index contributed by atoms with van der Waals surface area (Å²) in [6.45, 7) is 4.12. The van der Waals surface area contributed by atoms with Crippen LogP contribution in [0, 0.1) is 11.8 Å². The topological polar surface area (TPSA) is 62.9 Å². The number of fused-ring (bicyclic) bond motifs is 1. The van der Waals surface area contributed by atoms with Gasteiger partial charge in [-0.3, -0.25) is 9.59 Å². The maximum Gasteiger partial charge on any atom is 0.419 e. The molecule has 5 nitrogen and oxygen atoms in total. The van der Waals surface area contributed by atoms with Crippen LogP contribution in [0.5, 0.6) is 0 Å². The van der Waals surface area contributed by atoms with Crippen LogP contribution in [0.3, 0.4) is 0 Å². The van der Waals surface area contributed by atoms with Gasteiger partial charge in [0, 0.05) is 35.7 Å². The summed E-state index contributed by atoms with van der Waals surface area (Å²) in [7, 11) is 0. The fourth-order valence-corrected chi connectivity index (χ4v) is 6.20. The van der Waals surface area contributed by atoms with Crippen molar-refractivity contribution in [2.45, 2.75) is 65.0 Å². The molecule has 9 heteroatoms. The van der Waals surface area contributed by atoms with Gasteiger partial charge >= 0.3 is 6.18 Å². The Kier molecular flexibility index (Phi) is 9.25. The van der Waals surface area contributed by atoms with Crippen LogP contribution in [-0.2, 0) is 4.79 Å². The summed E-state index contributed by atoms with van der Waals surface area (Å²) >= 11 is 6.47. The van der Waals surface area contributed by atoms with Crippen LogP contribution in [0.2, 0.25) is 0 Å². The van der Waals surface area contributed by atoms with Crippen molar-refractivity contribution in [3.8, 4) is 0 Å². The predicted molar refractivity (Wildman–Crippen MR) is 162 cm³/mol. The normalized spacial score (nSPS) is 19.0. The average molecular weight is 611 g/mol. The SMILES string of the molecule is CCC(CC)CC(=O)c1ccccc1C1=CCC(CC(=O)C2=C(Cl)CN3C=C(c4ccoc4)C=C(C(F)(F)F)C3=N2)CC1. The van der Waals surface area contributed by atoms with Gasteiger partial charge in [0.15, 0.2) is 11.6 Å². The highest BCUT2D eigenvalue weighted by Crippen LogP contribution is 2.39. The number of alkyl halides is 3. The number of hydrogen-bond acceptors (Lipinski definition) is 5. The first kappa shape index (κ1) is 30.8. The molecular weight excluding hydrogens is 577 g/mol. The van der Waals surface area contributed by atoms with Crippen molar-refractivity contribution in [3.05, 3.63) is 94.2 Å². The van der Waals surface area contributed by atoms with E-state index in [0.717, 1.165) is 35.6 Å². The standard InChI is InChI=1S/C34H34ClF3N2O3/c1-3-21(4-2)15-30(41)27-8-6-5-7-26(27)23-11-9-22(10-12-23)16-31(42)32-29(35)19-40-18-25(24-13-14-43-20-24)17-28(33(40)39-32)34(36,37)38/h5-8,11,13-14,17-18,20-22H,3-4,9-10,12,15-16,19H2,1-2H3. The minimum atomic E-state index is -4.69. The van der Waals surface area contributed by atoms with E-state index < -0.39 is 11.7 Å².